The second-order valence-electron chi connectivity index (χ2n) is 10.6. The number of methoxy groups -OCH3 is 1. The van der Waals surface area contributed by atoms with Crippen molar-refractivity contribution in [1.82, 2.24) is 39.4 Å². The molecule has 6 rings (SSSR count). The molecule has 1 aliphatic heterocycles. The monoisotopic (exact) mass is 603 g/mol. The summed E-state index contributed by atoms with van der Waals surface area (Å²) < 4.78 is 12.2. The molecule has 15 nitrogen and oxygen atoms in total. The number of piperazine rings is 1. The standard InChI is InChI=1S/C29H33N9O6/c1-5-18-25(35-11-12-36(20-8-7-19(20)35)29(42)24-26(40)16(3)31-15-32-24)27(41)23-28(37(18)14-22(39)44-6-2)34-38(33-23)17-9-10-30-21(13-17)43-4/h9-10,13,15,19-20,40H,5-8,11-12,14H2,1-4H3/t19-,20-/m0/s1. The first-order valence-electron chi connectivity index (χ1n) is 14.5. The maximum atomic E-state index is 14.3. The third-order valence-electron chi connectivity index (χ3n) is 8.31. The number of pyridine rings is 2. The van der Waals surface area contributed by atoms with E-state index in [0.717, 1.165) is 12.8 Å². The van der Waals surface area contributed by atoms with Gasteiger partial charge in [-0.1, -0.05) is 6.92 Å². The molecular weight excluding hydrogens is 570 g/mol. The van der Waals surface area contributed by atoms with Crippen LogP contribution in [0.2, 0.25) is 0 Å². The van der Waals surface area contributed by atoms with Crippen LogP contribution in [0.25, 0.3) is 16.9 Å². The molecule has 2 aliphatic rings. The molecule has 0 spiro atoms. The highest BCUT2D eigenvalue weighted by molar-refractivity contribution is 5.95. The molecule has 1 saturated heterocycles. The van der Waals surface area contributed by atoms with Crippen LogP contribution in [-0.4, -0.2) is 95.3 Å². The third kappa shape index (κ3) is 4.77. The lowest BCUT2D eigenvalue weighted by Gasteiger charge is -2.54. The second-order valence-corrected chi connectivity index (χ2v) is 10.6. The zero-order valence-corrected chi connectivity index (χ0v) is 24.9. The van der Waals surface area contributed by atoms with Crippen LogP contribution in [-0.2, 0) is 22.5 Å². The number of rotatable bonds is 8. The molecule has 0 radical (unpaired) electrons. The largest absolute Gasteiger partial charge is 0.504 e. The second kappa shape index (κ2) is 11.5. The van der Waals surface area contributed by atoms with Crippen molar-refractivity contribution in [2.75, 3.05) is 31.7 Å². The fraction of sp³-hybridized carbons (Fsp3) is 0.448. The van der Waals surface area contributed by atoms with Gasteiger partial charge in [0, 0.05) is 37.1 Å². The molecule has 2 fully saturated rings. The molecule has 1 saturated carbocycles. The number of aromatic hydroxyl groups is 1. The van der Waals surface area contributed by atoms with Crippen LogP contribution in [0.15, 0.2) is 29.5 Å². The first-order chi connectivity index (χ1) is 21.3. The summed E-state index contributed by atoms with van der Waals surface area (Å²) in [6.45, 7) is 5.99. The van der Waals surface area contributed by atoms with E-state index in [-0.39, 0.29) is 59.2 Å². The van der Waals surface area contributed by atoms with E-state index in [9.17, 15) is 19.5 Å². The van der Waals surface area contributed by atoms with E-state index in [1.807, 2.05) is 11.8 Å². The molecule has 4 aromatic heterocycles. The number of aromatic nitrogens is 7. The molecule has 1 amide bonds. The van der Waals surface area contributed by atoms with Crippen molar-refractivity contribution in [2.24, 2.45) is 0 Å². The number of amides is 1. The Morgan fingerprint density at radius 3 is 2.59 bits per heavy atom. The molecule has 1 aliphatic carbocycles. The van der Waals surface area contributed by atoms with Gasteiger partial charge in [-0.2, -0.15) is 0 Å². The summed E-state index contributed by atoms with van der Waals surface area (Å²) >= 11 is 0. The van der Waals surface area contributed by atoms with E-state index in [1.165, 1.54) is 18.2 Å². The minimum absolute atomic E-state index is 0.0339. The first kappa shape index (κ1) is 29.0. The van der Waals surface area contributed by atoms with E-state index in [2.05, 4.69) is 25.1 Å². The Morgan fingerprint density at radius 2 is 1.89 bits per heavy atom. The van der Waals surface area contributed by atoms with Gasteiger partial charge in [0.2, 0.25) is 11.3 Å². The van der Waals surface area contributed by atoms with Gasteiger partial charge >= 0.3 is 5.97 Å². The van der Waals surface area contributed by atoms with Gasteiger partial charge in [-0.25, -0.2) is 15.0 Å². The van der Waals surface area contributed by atoms with Gasteiger partial charge in [-0.3, -0.25) is 14.4 Å². The highest BCUT2D eigenvalue weighted by atomic mass is 16.5. The minimum atomic E-state index is -0.463. The topological polar surface area (TPSA) is 171 Å². The third-order valence-corrected chi connectivity index (χ3v) is 8.31. The minimum Gasteiger partial charge on any atom is -0.504 e. The van der Waals surface area contributed by atoms with Crippen LogP contribution in [0.4, 0.5) is 5.69 Å². The van der Waals surface area contributed by atoms with Crippen molar-refractivity contribution in [3.63, 3.8) is 0 Å². The maximum absolute atomic E-state index is 14.3. The highest BCUT2D eigenvalue weighted by Crippen LogP contribution is 2.38. The summed E-state index contributed by atoms with van der Waals surface area (Å²) in [5.41, 5.74) is 1.95. The Hall–Kier alpha value is -5.08. The SMILES string of the molecule is CCOC(=O)Cn1c(CC)c(N2CCN(C(=O)c3ncnc(C)c3O)[C@H]3CC[C@@H]32)c(=O)c2nn(-c3ccnc(OC)c3)nc21. The van der Waals surface area contributed by atoms with Crippen LogP contribution in [0, 0.1) is 6.92 Å². The Morgan fingerprint density at radius 1 is 1.09 bits per heavy atom. The molecular formula is C29H33N9O6. The number of esters is 1. The molecule has 2 atom stereocenters. The van der Waals surface area contributed by atoms with Crippen molar-refractivity contribution in [1.29, 1.82) is 0 Å². The average Bonchev–Trinajstić information content (AvgIpc) is 3.46. The summed E-state index contributed by atoms with van der Waals surface area (Å²) in [4.78, 5) is 57.8. The van der Waals surface area contributed by atoms with E-state index in [1.54, 1.807) is 41.6 Å². The Balaban J connectivity index is 1.44. The lowest BCUT2D eigenvalue weighted by atomic mass is 9.81. The number of nitrogens with zero attached hydrogens (tertiary/aromatic N) is 9. The van der Waals surface area contributed by atoms with Crippen molar-refractivity contribution >= 4 is 28.7 Å². The zero-order chi connectivity index (χ0) is 31.1. The Bertz CT molecular complexity index is 1820. The molecule has 0 aromatic carbocycles. The number of hydrogen-bond donors (Lipinski definition) is 1. The number of ether oxygens (including phenoxy) is 2. The fourth-order valence-corrected chi connectivity index (χ4v) is 6.07. The molecule has 15 heteroatoms. The van der Waals surface area contributed by atoms with Crippen LogP contribution in [0.5, 0.6) is 11.6 Å². The summed E-state index contributed by atoms with van der Waals surface area (Å²) in [7, 11) is 1.50. The summed E-state index contributed by atoms with van der Waals surface area (Å²) in [6.07, 6.45) is 4.74. The molecule has 5 heterocycles. The van der Waals surface area contributed by atoms with Crippen molar-refractivity contribution in [3.8, 4) is 17.3 Å². The number of carbonyl (C=O) groups excluding carboxylic acids is 2. The predicted molar refractivity (Wildman–Crippen MR) is 157 cm³/mol. The fourth-order valence-electron chi connectivity index (χ4n) is 6.07. The zero-order valence-electron chi connectivity index (χ0n) is 24.9. The molecule has 4 aromatic rings. The quantitative estimate of drug-likeness (QED) is 0.288. The van der Waals surface area contributed by atoms with Gasteiger partial charge in [0.25, 0.3) is 5.91 Å². The van der Waals surface area contributed by atoms with Gasteiger partial charge in [-0.15, -0.1) is 15.0 Å². The molecule has 0 unspecified atom stereocenters. The number of carbonyl (C=O) groups is 2. The van der Waals surface area contributed by atoms with Gasteiger partial charge < -0.3 is 28.9 Å². The molecule has 230 valence electrons. The lowest BCUT2D eigenvalue weighted by Crippen LogP contribution is -2.67. The van der Waals surface area contributed by atoms with Crippen molar-refractivity contribution in [2.45, 2.75) is 58.7 Å². The van der Waals surface area contributed by atoms with E-state index in [0.29, 0.717) is 48.2 Å². The summed E-state index contributed by atoms with van der Waals surface area (Å²) in [5, 5.41) is 19.7. The Kier molecular flexibility index (Phi) is 7.61. The van der Waals surface area contributed by atoms with Gasteiger partial charge in [0.1, 0.15) is 18.6 Å². The lowest BCUT2D eigenvalue weighted by molar-refractivity contribution is -0.143. The maximum Gasteiger partial charge on any atom is 0.326 e. The highest BCUT2D eigenvalue weighted by Gasteiger charge is 2.47. The molecule has 44 heavy (non-hydrogen) atoms. The van der Waals surface area contributed by atoms with E-state index in [4.69, 9.17) is 9.47 Å². The molecule has 1 N–H and O–H groups in total. The predicted octanol–water partition coefficient (Wildman–Crippen LogP) is 1.41. The van der Waals surface area contributed by atoms with Gasteiger partial charge in [0.05, 0.1) is 31.1 Å². The van der Waals surface area contributed by atoms with Crippen LogP contribution < -0.4 is 15.1 Å². The number of aryl methyl sites for hydroxylation is 1. The number of hydrogen-bond acceptors (Lipinski definition) is 12. The normalized spacial score (nSPS) is 17.7. The number of fused-ring (bicyclic) bond motifs is 2. The summed E-state index contributed by atoms with van der Waals surface area (Å²) in [6, 6.07) is 3.00. The number of anilines is 1. The Labute approximate surface area is 252 Å². The van der Waals surface area contributed by atoms with Gasteiger partial charge in [0.15, 0.2) is 22.6 Å². The average molecular weight is 604 g/mol. The summed E-state index contributed by atoms with van der Waals surface area (Å²) in [5.74, 6) is -0.709. The smallest absolute Gasteiger partial charge is 0.326 e. The first-order valence-corrected chi connectivity index (χ1v) is 14.5. The van der Waals surface area contributed by atoms with E-state index >= 15 is 0 Å². The van der Waals surface area contributed by atoms with Crippen molar-refractivity contribution in [3.05, 3.63) is 52.0 Å². The van der Waals surface area contributed by atoms with Crippen LogP contribution >= 0.6 is 0 Å². The van der Waals surface area contributed by atoms with Crippen LogP contribution in [0.3, 0.4) is 0 Å². The molecule has 0 bridgehead atoms. The van der Waals surface area contributed by atoms with Crippen molar-refractivity contribution < 1.29 is 24.2 Å². The van der Waals surface area contributed by atoms with E-state index < -0.39 is 5.97 Å². The van der Waals surface area contributed by atoms with Crippen LogP contribution in [0.1, 0.15) is 48.6 Å². The van der Waals surface area contributed by atoms with Gasteiger partial charge in [-0.05, 0) is 39.2 Å².